The van der Waals surface area contributed by atoms with Crippen LogP contribution in [-0.4, -0.2) is 71.2 Å². The van der Waals surface area contributed by atoms with Crippen molar-refractivity contribution in [1.82, 2.24) is 0 Å². The minimum Gasteiger partial charge on any atom is -0.465 e. The van der Waals surface area contributed by atoms with Crippen LogP contribution in [-0.2, 0) is 33.2 Å². The Morgan fingerprint density at radius 3 is 2.14 bits per heavy atom. The number of esters is 1. The Kier molecular flexibility index (Phi) is 5.62. The normalized spacial score (nSPS) is 51.8. The lowest BCUT2D eigenvalue weighted by Gasteiger charge is -2.52. The molecule has 5 fully saturated rings. The first-order chi connectivity index (χ1) is 14.1. The van der Waals surface area contributed by atoms with E-state index in [-0.39, 0.29) is 48.3 Å². The summed E-state index contributed by atoms with van der Waals surface area (Å²) < 4.78 is 34.7. The van der Waals surface area contributed by atoms with Crippen LogP contribution in [0.15, 0.2) is 0 Å². The fourth-order valence-electron chi connectivity index (χ4n) is 7.39. The van der Waals surface area contributed by atoms with Gasteiger partial charge >= 0.3 is 5.97 Å². The summed E-state index contributed by atoms with van der Waals surface area (Å²) in [5.74, 6) is 1.99. The molecular formula is C22H34O7. The Labute approximate surface area is 172 Å². The van der Waals surface area contributed by atoms with Gasteiger partial charge in [0.15, 0.2) is 0 Å². The highest BCUT2D eigenvalue weighted by atomic mass is 16.7. The lowest BCUT2D eigenvalue weighted by atomic mass is 9.53. The molecule has 0 radical (unpaired) electrons. The van der Waals surface area contributed by atoms with Crippen molar-refractivity contribution in [2.75, 3.05) is 34.7 Å². The number of methoxy groups -OCH3 is 3. The highest BCUT2D eigenvalue weighted by Gasteiger charge is 2.58. The highest BCUT2D eigenvalue weighted by molar-refractivity contribution is 5.75. The van der Waals surface area contributed by atoms with Gasteiger partial charge < -0.3 is 28.4 Å². The van der Waals surface area contributed by atoms with Gasteiger partial charge in [-0.25, -0.2) is 0 Å². The van der Waals surface area contributed by atoms with Gasteiger partial charge in [-0.2, -0.15) is 0 Å². The largest absolute Gasteiger partial charge is 0.465 e. The van der Waals surface area contributed by atoms with Crippen LogP contribution in [0.4, 0.5) is 0 Å². The summed E-state index contributed by atoms with van der Waals surface area (Å²) in [4.78, 5) is 12.8. The molecule has 2 aliphatic heterocycles. The van der Waals surface area contributed by atoms with Crippen molar-refractivity contribution in [3.8, 4) is 0 Å². The summed E-state index contributed by atoms with van der Waals surface area (Å²) in [5, 5.41) is 0. The molecule has 2 heterocycles. The number of fused-ring (bicyclic) bond motifs is 3. The van der Waals surface area contributed by atoms with E-state index < -0.39 is 0 Å². The highest BCUT2D eigenvalue weighted by Crippen LogP contribution is 2.57. The summed E-state index contributed by atoms with van der Waals surface area (Å²) >= 11 is 0. The fraction of sp³-hybridized carbons (Fsp3) is 0.955. The molecule has 2 saturated heterocycles. The topological polar surface area (TPSA) is 72.5 Å². The number of carbonyl (C=O) groups excluding carboxylic acids is 1. The van der Waals surface area contributed by atoms with Crippen LogP contribution in [0, 0.1) is 35.5 Å². The standard InChI is InChI=1S/C22H34O7/c1-24-17-6-12(7-18(25-2)21(17)26-3)19-14-8-16-15(28-10-29-16)5-11(14)4-13-9-27-22(23)20(13)19/h11-21H,4-10H2,1-3H3. The molecular weight excluding hydrogens is 376 g/mol. The predicted molar refractivity (Wildman–Crippen MR) is 102 cm³/mol. The number of ether oxygens (including phenoxy) is 6. The molecule has 7 nitrogen and oxygen atoms in total. The SMILES string of the molecule is COC1CC(C2C3CC4OCOC4CC3CC3COC(=O)C32)CC(OC)C1OC. The lowest BCUT2D eigenvalue weighted by molar-refractivity contribution is -0.165. The molecule has 0 N–H and O–H groups in total. The summed E-state index contributed by atoms with van der Waals surface area (Å²) in [6, 6.07) is 0. The first-order valence-corrected chi connectivity index (χ1v) is 11.1. The van der Waals surface area contributed by atoms with Crippen LogP contribution in [0.1, 0.15) is 32.1 Å². The first-order valence-electron chi connectivity index (χ1n) is 11.1. The second kappa shape index (κ2) is 8.08. The lowest BCUT2D eigenvalue weighted by Crippen LogP contribution is -2.55. The average Bonchev–Trinajstić information content (AvgIpc) is 3.35. The van der Waals surface area contributed by atoms with Crippen LogP contribution in [0.25, 0.3) is 0 Å². The third kappa shape index (κ3) is 3.33. The quantitative estimate of drug-likeness (QED) is 0.657. The van der Waals surface area contributed by atoms with Crippen LogP contribution in [0.3, 0.4) is 0 Å². The zero-order chi connectivity index (χ0) is 20.1. The maximum absolute atomic E-state index is 12.8. The molecule has 3 saturated carbocycles. The molecule has 0 spiro atoms. The van der Waals surface area contributed by atoms with Gasteiger partial charge in [0.2, 0.25) is 0 Å². The Morgan fingerprint density at radius 2 is 1.48 bits per heavy atom. The zero-order valence-electron chi connectivity index (χ0n) is 17.7. The van der Waals surface area contributed by atoms with Crippen molar-refractivity contribution in [3.05, 3.63) is 0 Å². The van der Waals surface area contributed by atoms with E-state index in [0.717, 1.165) is 32.1 Å². The Hall–Kier alpha value is -0.730. The van der Waals surface area contributed by atoms with Crippen LogP contribution in [0.5, 0.6) is 0 Å². The van der Waals surface area contributed by atoms with Crippen LogP contribution < -0.4 is 0 Å². The molecule has 0 aromatic carbocycles. The second-order valence-electron chi connectivity index (χ2n) is 9.63. The number of hydrogen-bond acceptors (Lipinski definition) is 7. The fourth-order valence-corrected chi connectivity index (χ4v) is 7.39. The van der Waals surface area contributed by atoms with Gasteiger partial charge in [-0.3, -0.25) is 4.79 Å². The van der Waals surface area contributed by atoms with Crippen LogP contribution in [0.2, 0.25) is 0 Å². The van der Waals surface area contributed by atoms with Gasteiger partial charge in [0.1, 0.15) is 12.9 Å². The van der Waals surface area contributed by atoms with Gasteiger partial charge in [-0.1, -0.05) is 0 Å². The Balaban J connectivity index is 1.45. The molecule has 0 aromatic rings. The first kappa shape index (κ1) is 20.2. The third-order valence-corrected chi connectivity index (χ3v) is 8.58. The van der Waals surface area contributed by atoms with Gasteiger partial charge in [-0.05, 0) is 55.8 Å². The van der Waals surface area contributed by atoms with E-state index in [2.05, 4.69) is 0 Å². The van der Waals surface area contributed by atoms with E-state index in [1.165, 1.54) is 0 Å². The van der Waals surface area contributed by atoms with E-state index >= 15 is 0 Å². The average molecular weight is 411 g/mol. The number of cyclic esters (lactones) is 1. The van der Waals surface area contributed by atoms with E-state index in [9.17, 15) is 4.79 Å². The van der Waals surface area contributed by atoms with E-state index in [0.29, 0.717) is 37.1 Å². The summed E-state index contributed by atoms with van der Waals surface area (Å²) in [5.41, 5.74) is 0. The molecule has 0 bridgehead atoms. The minimum atomic E-state index is -0.0748. The van der Waals surface area contributed by atoms with E-state index in [1.807, 2.05) is 0 Å². The number of hydrogen-bond donors (Lipinski definition) is 0. The van der Waals surface area contributed by atoms with Gasteiger partial charge in [-0.15, -0.1) is 0 Å². The molecule has 29 heavy (non-hydrogen) atoms. The van der Waals surface area contributed by atoms with Gasteiger partial charge in [0.25, 0.3) is 0 Å². The molecule has 9 atom stereocenters. The number of rotatable bonds is 4. The van der Waals surface area contributed by atoms with E-state index in [4.69, 9.17) is 28.4 Å². The molecule has 0 amide bonds. The predicted octanol–water partition coefficient (Wildman–Crippen LogP) is 2.02. The minimum absolute atomic E-state index is 0.000891. The summed E-state index contributed by atoms with van der Waals surface area (Å²) in [6.45, 7) is 0.980. The summed E-state index contributed by atoms with van der Waals surface area (Å²) in [6.07, 6.45) is 5.13. The molecule has 7 heteroatoms. The smallest absolute Gasteiger partial charge is 0.309 e. The second-order valence-corrected chi connectivity index (χ2v) is 9.63. The van der Waals surface area contributed by atoms with Crippen molar-refractivity contribution in [2.45, 2.75) is 62.6 Å². The molecule has 3 aliphatic carbocycles. The molecule has 5 aliphatic rings. The van der Waals surface area contributed by atoms with Gasteiger partial charge in [0, 0.05) is 27.2 Å². The monoisotopic (exact) mass is 410 g/mol. The van der Waals surface area contributed by atoms with E-state index in [1.54, 1.807) is 21.3 Å². The van der Waals surface area contributed by atoms with Crippen molar-refractivity contribution >= 4 is 5.97 Å². The maximum atomic E-state index is 12.8. The van der Waals surface area contributed by atoms with Crippen molar-refractivity contribution in [1.29, 1.82) is 0 Å². The van der Waals surface area contributed by atoms with Crippen molar-refractivity contribution in [3.63, 3.8) is 0 Å². The number of carbonyl (C=O) groups is 1. The maximum Gasteiger partial charge on any atom is 0.309 e. The Morgan fingerprint density at radius 1 is 0.793 bits per heavy atom. The molecule has 164 valence electrons. The molecule has 0 aromatic heterocycles. The van der Waals surface area contributed by atoms with Crippen molar-refractivity contribution in [2.24, 2.45) is 35.5 Å². The van der Waals surface area contributed by atoms with Crippen LogP contribution >= 0.6 is 0 Å². The molecule has 5 rings (SSSR count). The van der Waals surface area contributed by atoms with Gasteiger partial charge in [0.05, 0.1) is 36.9 Å². The zero-order valence-corrected chi connectivity index (χ0v) is 17.7. The van der Waals surface area contributed by atoms with Crippen molar-refractivity contribution < 1.29 is 33.2 Å². The third-order valence-electron chi connectivity index (χ3n) is 8.58. The Bertz CT molecular complexity index is 598. The molecule has 9 unspecified atom stereocenters. The summed E-state index contributed by atoms with van der Waals surface area (Å²) in [7, 11) is 5.22.